The van der Waals surface area contributed by atoms with E-state index in [4.69, 9.17) is 5.73 Å². The molecular formula is C14H23N3. The summed E-state index contributed by atoms with van der Waals surface area (Å²) in [5, 5.41) is 0. The molecule has 1 aromatic heterocycles. The van der Waals surface area contributed by atoms with E-state index in [1.165, 1.54) is 37.7 Å². The molecule has 0 aliphatic heterocycles. The van der Waals surface area contributed by atoms with E-state index in [2.05, 4.69) is 29.1 Å². The summed E-state index contributed by atoms with van der Waals surface area (Å²) in [4.78, 5) is 6.97. The fraction of sp³-hybridized carbons (Fsp3) is 0.643. The van der Waals surface area contributed by atoms with Crippen molar-refractivity contribution in [3.05, 3.63) is 23.4 Å². The van der Waals surface area contributed by atoms with Crippen LogP contribution in [0.2, 0.25) is 0 Å². The van der Waals surface area contributed by atoms with Gasteiger partial charge < -0.3 is 10.6 Å². The number of rotatable bonds is 3. The summed E-state index contributed by atoms with van der Waals surface area (Å²) in [5.41, 5.74) is 7.96. The molecule has 1 fully saturated rings. The van der Waals surface area contributed by atoms with Crippen LogP contribution in [-0.4, -0.2) is 18.1 Å². The summed E-state index contributed by atoms with van der Waals surface area (Å²) < 4.78 is 0. The van der Waals surface area contributed by atoms with Crippen LogP contribution in [0.3, 0.4) is 0 Å². The summed E-state index contributed by atoms with van der Waals surface area (Å²) in [6.45, 7) is 2.63. The molecule has 0 spiro atoms. The number of nitrogens with zero attached hydrogens (tertiary/aromatic N) is 2. The average molecular weight is 233 g/mol. The van der Waals surface area contributed by atoms with Gasteiger partial charge in [-0.2, -0.15) is 0 Å². The average Bonchev–Trinajstić information content (AvgIpc) is 2.38. The molecule has 1 aromatic rings. The van der Waals surface area contributed by atoms with Crippen molar-refractivity contribution in [3.63, 3.8) is 0 Å². The number of aromatic nitrogens is 1. The lowest BCUT2D eigenvalue weighted by molar-refractivity contribution is 0.426. The van der Waals surface area contributed by atoms with Gasteiger partial charge in [-0.25, -0.2) is 4.98 Å². The molecule has 0 bridgehead atoms. The Morgan fingerprint density at radius 1 is 1.29 bits per heavy atom. The second kappa shape index (κ2) is 5.50. The Morgan fingerprint density at radius 2 is 2.00 bits per heavy atom. The molecule has 0 amide bonds. The van der Waals surface area contributed by atoms with Crippen molar-refractivity contribution < 1.29 is 0 Å². The van der Waals surface area contributed by atoms with Gasteiger partial charge in [0.1, 0.15) is 5.82 Å². The zero-order chi connectivity index (χ0) is 12.3. The predicted octanol–water partition coefficient (Wildman–Crippen LogP) is 2.62. The van der Waals surface area contributed by atoms with Crippen LogP contribution < -0.4 is 10.6 Å². The van der Waals surface area contributed by atoms with Gasteiger partial charge in [-0.05, 0) is 37.5 Å². The van der Waals surface area contributed by atoms with Crippen LogP contribution in [0, 0.1) is 6.92 Å². The number of nitrogens with two attached hydrogens (primary N) is 1. The zero-order valence-corrected chi connectivity index (χ0v) is 10.9. The lowest BCUT2D eigenvalue weighted by Gasteiger charge is -2.32. The Hall–Kier alpha value is -1.09. The normalized spacial score (nSPS) is 17.1. The molecule has 0 unspecified atom stereocenters. The highest BCUT2D eigenvalue weighted by Gasteiger charge is 2.19. The maximum Gasteiger partial charge on any atom is 0.129 e. The minimum absolute atomic E-state index is 0.592. The Morgan fingerprint density at radius 3 is 2.65 bits per heavy atom. The SMILES string of the molecule is Cc1cc(CN)cc(N(C)C2CCCCC2)n1. The minimum atomic E-state index is 0.592. The monoisotopic (exact) mass is 233 g/mol. The largest absolute Gasteiger partial charge is 0.357 e. The first kappa shape index (κ1) is 12.4. The molecule has 0 aromatic carbocycles. The first-order valence-electron chi connectivity index (χ1n) is 6.61. The third-order valence-electron chi connectivity index (χ3n) is 3.72. The molecule has 0 radical (unpaired) electrons. The molecule has 1 saturated carbocycles. The highest BCUT2D eigenvalue weighted by atomic mass is 15.2. The van der Waals surface area contributed by atoms with Gasteiger partial charge >= 0.3 is 0 Å². The molecule has 1 aliphatic rings. The Balaban J connectivity index is 2.17. The van der Waals surface area contributed by atoms with Crippen molar-refractivity contribution in [1.29, 1.82) is 0 Å². The predicted molar refractivity (Wildman–Crippen MR) is 72.1 cm³/mol. The lowest BCUT2D eigenvalue weighted by atomic mass is 9.94. The standard InChI is InChI=1S/C14H23N3/c1-11-8-12(10-15)9-14(16-11)17(2)13-6-4-3-5-7-13/h8-9,13H,3-7,10,15H2,1-2H3. The van der Waals surface area contributed by atoms with Gasteiger partial charge in [0.15, 0.2) is 0 Å². The van der Waals surface area contributed by atoms with Gasteiger partial charge in [0, 0.05) is 25.3 Å². The van der Waals surface area contributed by atoms with Gasteiger partial charge in [0.2, 0.25) is 0 Å². The van der Waals surface area contributed by atoms with Crippen LogP contribution in [0.25, 0.3) is 0 Å². The van der Waals surface area contributed by atoms with Gasteiger partial charge in [-0.1, -0.05) is 19.3 Å². The number of anilines is 1. The van der Waals surface area contributed by atoms with E-state index in [1.54, 1.807) is 0 Å². The molecule has 3 nitrogen and oxygen atoms in total. The van der Waals surface area contributed by atoms with Crippen molar-refractivity contribution in [3.8, 4) is 0 Å². The fourth-order valence-electron chi connectivity index (χ4n) is 2.67. The molecule has 2 rings (SSSR count). The molecule has 0 saturated heterocycles. The van der Waals surface area contributed by atoms with E-state index in [9.17, 15) is 0 Å². The number of hydrogen-bond acceptors (Lipinski definition) is 3. The fourth-order valence-corrected chi connectivity index (χ4v) is 2.67. The summed E-state index contributed by atoms with van der Waals surface area (Å²) in [6.07, 6.45) is 6.68. The zero-order valence-electron chi connectivity index (χ0n) is 10.9. The first-order valence-corrected chi connectivity index (χ1v) is 6.61. The second-order valence-electron chi connectivity index (χ2n) is 5.08. The van der Waals surface area contributed by atoms with Crippen LogP contribution in [0.5, 0.6) is 0 Å². The third kappa shape index (κ3) is 2.97. The maximum atomic E-state index is 5.72. The van der Waals surface area contributed by atoms with Crippen LogP contribution in [0.1, 0.15) is 43.4 Å². The summed E-state index contributed by atoms with van der Waals surface area (Å²) in [7, 11) is 2.16. The van der Waals surface area contributed by atoms with E-state index in [1.807, 2.05) is 6.92 Å². The Bertz CT molecular complexity index is 370. The molecule has 3 heteroatoms. The van der Waals surface area contributed by atoms with Gasteiger partial charge in [-0.15, -0.1) is 0 Å². The smallest absolute Gasteiger partial charge is 0.129 e. The second-order valence-corrected chi connectivity index (χ2v) is 5.08. The van der Waals surface area contributed by atoms with Gasteiger partial charge in [-0.3, -0.25) is 0 Å². The van der Waals surface area contributed by atoms with Gasteiger partial charge in [0.25, 0.3) is 0 Å². The van der Waals surface area contributed by atoms with Crippen LogP contribution >= 0.6 is 0 Å². The molecule has 94 valence electrons. The highest BCUT2D eigenvalue weighted by Crippen LogP contribution is 2.25. The van der Waals surface area contributed by atoms with Crippen LogP contribution in [0.15, 0.2) is 12.1 Å². The van der Waals surface area contributed by atoms with E-state index >= 15 is 0 Å². The lowest BCUT2D eigenvalue weighted by Crippen LogP contribution is -2.34. The molecular weight excluding hydrogens is 210 g/mol. The van der Waals surface area contributed by atoms with Crippen molar-refractivity contribution in [1.82, 2.24) is 4.98 Å². The van der Waals surface area contributed by atoms with Crippen LogP contribution in [-0.2, 0) is 6.54 Å². The third-order valence-corrected chi connectivity index (χ3v) is 3.72. The van der Waals surface area contributed by atoms with Crippen LogP contribution in [0.4, 0.5) is 5.82 Å². The van der Waals surface area contributed by atoms with Gasteiger partial charge in [0.05, 0.1) is 0 Å². The molecule has 1 heterocycles. The van der Waals surface area contributed by atoms with E-state index in [-0.39, 0.29) is 0 Å². The van der Waals surface area contributed by atoms with Crippen molar-refractivity contribution >= 4 is 5.82 Å². The Labute approximate surface area is 104 Å². The summed E-state index contributed by atoms with van der Waals surface area (Å²) >= 11 is 0. The van der Waals surface area contributed by atoms with Crippen molar-refractivity contribution in [2.24, 2.45) is 5.73 Å². The maximum absolute atomic E-state index is 5.72. The molecule has 2 N–H and O–H groups in total. The minimum Gasteiger partial charge on any atom is -0.357 e. The van der Waals surface area contributed by atoms with E-state index < -0.39 is 0 Å². The van der Waals surface area contributed by atoms with Crippen molar-refractivity contribution in [2.45, 2.75) is 51.6 Å². The topological polar surface area (TPSA) is 42.1 Å². The molecule has 1 aliphatic carbocycles. The summed E-state index contributed by atoms with van der Waals surface area (Å²) in [5.74, 6) is 1.08. The van der Waals surface area contributed by atoms with E-state index in [0.717, 1.165) is 11.5 Å². The summed E-state index contributed by atoms with van der Waals surface area (Å²) in [6, 6.07) is 4.85. The number of pyridine rings is 1. The first-order chi connectivity index (χ1) is 8.20. The number of hydrogen-bond donors (Lipinski definition) is 1. The molecule has 17 heavy (non-hydrogen) atoms. The highest BCUT2D eigenvalue weighted by molar-refractivity contribution is 5.43. The van der Waals surface area contributed by atoms with Crippen molar-refractivity contribution in [2.75, 3.05) is 11.9 Å². The number of aryl methyl sites for hydroxylation is 1. The molecule has 0 atom stereocenters. The quantitative estimate of drug-likeness (QED) is 0.872. The van der Waals surface area contributed by atoms with E-state index in [0.29, 0.717) is 12.6 Å². The Kier molecular flexibility index (Phi) is 4.00.